The van der Waals surface area contributed by atoms with Gasteiger partial charge in [-0.25, -0.2) is 33.5 Å². The van der Waals surface area contributed by atoms with Crippen LogP contribution in [0.3, 0.4) is 0 Å². The van der Waals surface area contributed by atoms with Crippen molar-refractivity contribution < 1.29 is 45.8 Å². The molecule has 3 aliphatic rings. The Morgan fingerprint density at radius 2 is 1.74 bits per heavy atom. The van der Waals surface area contributed by atoms with E-state index in [0.717, 1.165) is 6.33 Å². The van der Waals surface area contributed by atoms with Crippen LogP contribution in [-0.2, 0) is 41.4 Å². The quantitative estimate of drug-likeness (QED) is 0.148. The molecule has 7 heterocycles. The maximum absolute atomic E-state index is 16.0. The third-order valence-electron chi connectivity index (χ3n) is 7.91. The maximum atomic E-state index is 16.0. The minimum atomic E-state index is -4.47. The van der Waals surface area contributed by atoms with Gasteiger partial charge in [-0.2, -0.15) is 4.98 Å². The summed E-state index contributed by atoms with van der Waals surface area (Å²) in [5.74, 6) is -0.131. The van der Waals surface area contributed by atoms with E-state index in [1.807, 2.05) is 0 Å². The molecule has 2 bridgehead atoms. The van der Waals surface area contributed by atoms with Crippen LogP contribution in [-0.4, -0.2) is 95.6 Å². The molecule has 0 spiro atoms. The number of ether oxygens (including phenoxy) is 3. The highest BCUT2D eigenvalue weighted by Gasteiger charge is 2.59. The average molecular weight is 737 g/mol. The molecule has 47 heavy (non-hydrogen) atoms. The second-order valence-corrected chi connectivity index (χ2v) is 16.7. The molecule has 3 saturated heterocycles. The Kier molecular flexibility index (Phi) is 8.19. The molecule has 0 amide bonds. The van der Waals surface area contributed by atoms with Gasteiger partial charge in [-0.3, -0.25) is 37.0 Å². The molecule has 20 nitrogen and oxygen atoms in total. The highest BCUT2D eigenvalue weighted by atomic mass is 32.7. The number of methoxy groups -OCH3 is 1. The Balaban J connectivity index is 1.24. The average Bonchev–Trinajstić information content (AvgIpc) is 3.75. The molecular formula is C22H27FN10O10P2S2. The Morgan fingerprint density at radius 1 is 1.04 bits per heavy atom. The van der Waals surface area contributed by atoms with Crippen molar-refractivity contribution in [2.45, 2.75) is 55.6 Å². The number of nitrogens with one attached hydrogen (secondary N) is 1. The lowest BCUT2D eigenvalue weighted by molar-refractivity contribution is -0.112. The van der Waals surface area contributed by atoms with Crippen molar-refractivity contribution in [1.82, 2.24) is 39.0 Å². The highest BCUT2D eigenvalue weighted by Crippen LogP contribution is 2.62. The zero-order chi connectivity index (χ0) is 33.5. The zero-order valence-electron chi connectivity index (χ0n) is 24.2. The van der Waals surface area contributed by atoms with Crippen LogP contribution in [0.15, 0.2) is 23.8 Å². The van der Waals surface area contributed by atoms with Gasteiger partial charge in [0.05, 0.1) is 25.9 Å². The first-order chi connectivity index (χ1) is 22.2. The molecule has 3 aliphatic heterocycles. The van der Waals surface area contributed by atoms with Crippen molar-refractivity contribution >= 4 is 72.2 Å². The number of aromatic amines is 1. The summed E-state index contributed by atoms with van der Waals surface area (Å²) in [5, 5.41) is 0. The predicted octanol–water partition coefficient (Wildman–Crippen LogP) is 1.55. The maximum Gasteiger partial charge on any atom is 0.386 e. The highest BCUT2D eigenvalue weighted by molar-refractivity contribution is 8.44. The van der Waals surface area contributed by atoms with Crippen LogP contribution in [0.4, 0.5) is 16.2 Å². The molecule has 4 aromatic heterocycles. The number of nitrogens with zero attached hydrogens (tertiary/aromatic N) is 7. The summed E-state index contributed by atoms with van der Waals surface area (Å²) < 4.78 is 86.8. The number of thiol groups is 2. The SMILES string of the molecule is CO[C@H]1[C@H](n2cnc3c(N)ncnc32)O[C@]2(C)CO[P@@](=O)(S)O[C@@H]3[C@H](F)[C@@H](CO[P@](=O)(S)O[C@@H]12)O[C@H]3n1cnc2c(=O)[nH]c(N)nc21. The second kappa shape index (κ2) is 11.7. The third kappa shape index (κ3) is 5.76. The standard InChI is InChI=1S/C22H27FN10O10P2S2/c1-22-4-39-45(36,47)42-12-9(23)8(40-19(12)33-7-29-11-17(33)30-21(25)31-18(11)34)3-38-44(35,46)43-14(22)13(37-2)20(41-22)32-6-28-10-15(24)26-5-27-16(10)32/h5-9,12-14,19-20H,3-4H2,1-2H3,(H,35,46)(H,36,47)(H2,24,26,27)(H3,25,30,31,34)/t8-,9-,12-,13-,14+,19-,20-,22-,44+,45-/m1/s1. The van der Waals surface area contributed by atoms with Gasteiger partial charge in [0.25, 0.3) is 5.56 Å². The Bertz CT molecular complexity index is 2020. The van der Waals surface area contributed by atoms with Gasteiger partial charge in [0.1, 0.15) is 41.9 Å². The fourth-order valence-corrected chi connectivity index (χ4v) is 8.78. The van der Waals surface area contributed by atoms with Gasteiger partial charge in [-0.1, -0.05) is 24.5 Å². The smallest absolute Gasteiger partial charge is 0.382 e. The van der Waals surface area contributed by atoms with Crippen LogP contribution in [0.5, 0.6) is 0 Å². The number of anilines is 2. The first kappa shape index (κ1) is 32.8. The number of rotatable bonds is 3. The molecule has 0 unspecified atom stereocenters. The third-order valence-corrected chi connectivity index (χ3v) is 11.1. The van der Waals surface area contributed by atoms with Gasteiger partial charge in [-0.05, 0) is 6.92 Å². The van der Waals surface area contributed by atoms with Crippen LogP contribution in [0.1, 0.15) is 19.4 Å². The summed E-state index contributed by atoms with van der Waals surface area (Å²) in [5.41, 5.74) is 9.75. The van der Waals surface area contributed by atoms with E-state index in [0.29, 0.717) is 0 Å². The molecule has 0 aliphatic carbocycles. The fraction of sp³-hybridized carbons (Fsp3) is 0.545. The van der Waals surface area contributed by atoms with Gasteiger partial charge in [0, 0.05) is 7.11 Å². The van der Waals surface area contributed by atoms with Gasteiger partial charge >= 0.3 is 13.6 Å². The van der Waals surface area contributed by atoms with E-state index in [-0.39, 0.29) is 34.1 Å². The summed E-state index contributed by atoms with van der Waals surface area (Å²) in [6, 6.07) is 0. The molecule has 25 heteroatoms. The van der Waals surface area contributed by atoms with E-state index in [1.165, 1.54) is 35.8 Å². The number of aromatic nitrogens is 8. The minimum Gasteiger partial charge on any atom is -0.382 e. The molecule has 0 aromatic carbocycles. The summed E-state index contributed by atoms with van der Waals surface area (Å²) in [6.45, 7) is -8.57. The molecule has 254 valence electrons. The van der Waals surface area contributed by atoms with Crippen LogP contribution >= 0.6 is 38.1 Å². The van der Waals surface area contributed by atoms with Crippen molar-refractivity contribution in [3.8, 4) is 0 Å². The summed E-state index contributed by atoms with van der Waals surface area (Å²) in [4.78, 5) is 35.2. The number of alkyl halides is 1. The number of halogens is 1. The van der Waals surface area contributed by atoms with Crippen LogP contribution in [0, 0.1) is 0 Å². The number of hydrogen-bond donors (Lipinski definition) is 5. The fourth-order valence-electron chi connectivity index (χ4n) is 5.74. The van der Waals surface area contributed by atoms with Crippen LogP contribution in [0.25, 0.3) is 22.3 Å². The molecular weight excluding hydrogens is 709 g/mol. The zero-order valence-corrected chi connectivity index (χ0v) is 27.8. The van der Waals surface area contributed by atoms with Crippen molar-refractivity contribution in [1.29, 1.82) is 0 Å². The molecule has 7 rings (SSSR count). The van der Waals surface area contributed by atoms with Gasteiger partial charge in [0.15, 0.2) is 41.3 Å². The Morgan fingerprint density at radius 3 is 2.49 bits per heavy atom. The van der Waals surface area contributed by atoms with Crippen molar-refractivity contribution in [3.63, 3.8) is 0 Å². The van der Waals surface area contributed by atoms with E-state index < -0.39 is 81.0 Å². The Labute approximate surface area is 273 Å². The topological polar surface area (TPSA) is 258 Å². The van der Waals surface area contributed by atoms with Gasteiger partial charge in [0.2, 0.25) is 5.95 Å². The number of nitrogen functional groups attached to an aromatic ring is 2. The normalized spacial score (nSPS) is 38.2. The van der Waals surface area contributed by atoms with E-state index in [1.54, 1.807) is 0 Å². The summed E-state index contributed by atoms with van der Waals surface area (Å²) >= 11 is 8.25. The number of imidazole rings is 2. The first-order valence-electron chi connectivity index (χ1n) is 13.7. The number of nitrogens with two attached hydrogens (primary N) is 2. The molecule has 4 aromatic rings. The van der Waals surface area contributed by atoms with Gasteiger partial charge in [-0.15, -0.1) is 0 Å². The summed E-state index contributed by atoms with van der Waals surface area (Å²) in [6.07, 6.45) is -6.28. The van der Waals surface area contributed by atoms with E-state index in [9.17, 15) is 13.9 Å². The molecule has 5 N–H and O–H groups in total. The number of fused-ring (bicyclic) bond motifs is 5. The monoisotopic (exact) mass is 736 g/mol. The van der Waals surface area contributed by atoms with Gasteiger partial charge < -0.3 is 25.7 Å². The molecule has 10 atom stereocenters. The van der Waals surface area contributed by atoms with Crippen molar-refractivity contribution in [3.05, 3.63) is 29.3 Å². The molecule has 3 fully saturated rings. The number of hydrogen-bond acceptors (Lipinski definition) is 17. The minimum absolute atomic E-state index is 0.0803. The number of H-pyrrole nitrogens is 1. The van der Waals surface area contributed by atoms with E-state index in [4.69, 9.17) is 43.8 Å². The Hall–Kier alpha value is -2.69. The first-order valence-corrected chi connectivity index (χ1v) is 19.1. The molecule has 0 radical (unpaired) electrons. The lowest BCUT2D eigenvalue weighted by Gasteiger charge is -2.33. The van der Waals surface area contributed by atoms with Crippen molar-refractivity contribution in [2.75, 3.05) is 31.8 Å². The lowest BCUT2D eigenvalue weighted by atomic mass is 9.98. The predicted molar refractivity (Wildman–Crippen MR) is 165 cm³/mol. The molecule has 0 saturated carbocycles. The second-order valence-electron chi connectivity index (χ2n) is 11.0. The van der Waals surface area contributed by atoms with E-state index >= 15 is 4.39 Å². The lowest BCUT2D eigenvalue weighted by Crippen LogP contribution is -2.46. The summed E-state index contributed by atoms with van der Waals surface area (Å²) in [7, 11) is 1.36. The van der Waals surface area contributed by atoms with Crippen molar-refractivity contribution in [2.24, 2.45) is 0 Å². The van der Waals surface area contributed by atoms with E-state index in [2.05, 4.69) is 54.4 Å². The largest absolute Gasteiger partial charge is 0.386 e. The van der Waals surface area contributed by atoms with Crippen LogP contribution in [0.2, 0.25) is 0 Å². The van der Waals surface area contributed by atoms with Crippen LogP contribution < -0.4 is 17.0 Å².